The standard InChI is InChI=1S/C20H23N5O2/c26-18-5-2-13-25(18)17-8-6-16(7-9-17)23-19(27)15-4-1-12-24(14-15)20-21-10-3-11-22-20/h3,6-11,15H,1-2,4-5,12-14H2,(H,23,27). The van der Waals surface area contributed by atoms with Crippen LogP contribution in [0.15, 0.2) is 42.7 Å². The van der Waals surface area contributed by atoms with Crippen LogP contribution in [0.2, 0.25) is 0 Å². The topological polar surface area (TPSA) is 78.4 Å². The molecule has 1 aromatic heterocycles. The third-order valence-electron chi connectivity index (χ3n) is 5.15. The van der Waals surface area contributed by atoms with E-state index in [1.165, 1.54) is 0 Å². The van der Waals surface area contributed by atoms with Crippen LogP contribution in [0.25, 0.3) is 0 Å². The van der Waals surface area contributed by atoms with E-state index in [1.807, 2.05) is 24.3 Å². The van der Waals surface area contributed by atoms with Crippen LogP contribution in [0.4, 0.5) is 17.3 Å². The number of nitrogens with zero attached hydrogens (tertiary/aromatic N) is 4. The second-order valence-electron chi connectivity index (χ2n) is 7.02. The van der Waals surface area contributed by atoms with Crippen LogP contribution in [0.3, 0.4) is 0 Å². The van der Waals surface area contributed by atoms with Gasteiger partial charge in [0.05, 0.1) is 5.92 Å². The second kappa shape index (κ2) is 7.73. The molecule has 1 unspecified atom stereocenters. The Balaban J connectivity index is 1.37. The first-order valence-corrected chi connectivity index (χ1v) is 9.44. The maximum atomic E-state index is 12.7. The third-order valence-corrected chi connectivity index (χ3v) is 5.15. The molecule has 27 heavy (non-hydrogen) atoms. The Kier molecular flexibility index (Phi) is 5.00. The van der Waals surface area contributed by atoms with Gasteiger partial charge in [0.25, 0.3) is 0 Å². The Morgan fingerprint density at radius 2 is 1.85 bits per heavy atom. The van der Waals surface area contributed by atoms with Gasteiger partial charge in [-0.25, -0.2) is 9.97 Å². The molecular weight excluding hydrogens is 342 g/mol. The van der Waals surface area contributed by atoms with Crippen molar-refractivity contribution in [2.24, 2.45) is 5.92 Å². The summed E-state index contributed by atoms with van der Waals surface area (Å²) < 4.78 is 0. The number of piperidine rings is 1. The fraction of sp³-hybridized carbons (Fsp3) is 0.400. The Labute approximate surface area is 158 Å². The molecule has 0 saturated carbocycles. The zero-order valence-corrected chi connectivity index (χ0v) is 15.2. The molecule has 0 radical (unpaired) electrons. The highest BCUT2D eigenvalue weighted by Crippen LogP contribution is 2.25. The predicted molar refractivity (Wildman–Crippen MR) is 104 cm³/mol. The molecule has 2 aromatic rings. The van der Waals surface area contributed by atoms with Gasteiger partial charge < -0.3 is 15.1 Å². The Hall–Kier alpha value is -2.96. The van der Waals surface area contributed by atoms with E-state index in [0.717, 1.165) is 43.7 Å². The van der Waals surface area contributed by atoms with E-state index >= 15 is 0 Å². The van der Waals surface area contributed by atoms with Crippen LogP contribution in [0, 0.1) is 5.92 Å². The normalized spacial score (nSPS) is 20.0. The Morgan fingerprint density at radius 1 is 1.07 bits per heavy atom. The number of hydrogen-bond donors (Lipinski definition) is 1. The number of anilines is 3. The summed E-state index contributed by atoms with van der Waals surface area (Å²) in [6.45, 7) is 2.26. The number of carbonyl (C=O) groups is 2. The molecule has 1 N–H and O–H groups in total. The summed E-state index contributed by atoms with van der Waals surface area (Å²) in [5.41, 5.74) is 1.64. The molecule has 2 saturated heterocycles. The predicted octanol–water partition coefficient (Wildman–Crippen LogP) is 2.46. The van der Waals surface area contributed by atoms with Crippen molar-refractivity contribution in [1.29, 1.82) is 0 Å². The lowest BCUT2D eigenvalue weighted by atomic mass is 9.97. The first-order valence-electron chi connectivity index (χ1n) is 9.44. The van der Waals surface area contributed by atoms with E-state index in [9.17, 15) is 9.59 Å². The van der Waals surface area contributed by atoms with Crippen LogP contribution in [0.5, 0.6) is 0 Å². The monoisotopic (exact) mass is 365 g/mol. The minimum atomic E-state index is -0.0950. The van der Waals surface area contributed by atoms with Crippen molar-refractivity contribution in [3.63, 3.8) is 0 Å². The average molecular weight is 365 g/mol. The summed E-state index contributed by atoms with van der Waals surface area (Å²) in [6, 6.07) is 9.30. The highest BCUT2D eigenvalue weighted by atomic mass is 16.2. The zero-order valence-electron chi connectivity index (χ0n) is 15.2. The van der Waals surface area contributed by atoms with Crippen molar-refractivity contribution in [1.82, 2.24) is 9.97 Å². The van der Waals surface area contributed by atoms with Gasteiger partial charge in [0, 0.05) is 49.8 Å². The summed E-state index contributed by atoms with van der Waals surface area (Å²) in [4.78, 5) is 37.0. The molecule has 7 heteroatoms. The number of aromatic nitrogens is 2. The van der Waals surface area contributed by atoms with Crippen LogP contribution >= 0.6 is 0 Å². The van der Waals surface area contributed by atoms with E-state index in [1.54, 1.807) is 23.4 Å². The number of hydrogen-bond acceptors (Lipinski definition) is 5. The van der Waals surface area contributed by atoms with E-state index in [0.29, 0.717) is 18.9 Å². The SMILES string of the molecule is O=C(Nc1ccc(N2CCCC2=O)cc1)C1CCCN(c2ncccn2)C1. The largest absolute Gasteiger partial charge is 0.340 e. The van der Waals surface area contributed by atoms with Gasteiger partial charge in [0.1, 0.15) is 0 Å². The first-order chi connectivity index (χ1) is 13.2. The lowest BCUT2D eigenvalue weighted by Crippen LogP contribution is -2.41. The van der Waals surface area contributed by atoms with Gasteiger partial charge in [-0.2, -0.15) is 0 Å². The molecule has 2 aliphatic heterocycles. The summed E-state index contributed by atoms with van der Waals surface area (Å²) >= 11 is 0. The second-order valence-corrected chi connectivity index (χ2v) is 7.02. The quantitative estimate of drug-likeness (QED) is 0.900. The summed E-state index contributed by atoms with van der Waals surface area (Å²) in [7, 11) is 0. The number of carbonyl (C=O) groups excluding carboxylic acids is 2. The van der Waals surface area contributed by atoms with Crippen molar-refractivity contribution in [3.05, 3.63) is 42.7 Å². The van der Waals surface area contributed by atoms with Gasteiger partial charge in [-0.05, 0) is 49.6 Å². The number of nitrogens with one attached hydrogen (secondary N) is 1. The van der Waals surface area contributed by atoms with Crippen molar-refractivity contribution < 1.29 is 9.59 Å². The van der Waals surface area contributed by atoms with Gasteiger partial charge in [0.2, 0.25) is 17.8 Å². The van der Waals surface area contributed by atoms with Gasteiger partial charge in [0.15, 0.2) is 0 Å². The number of amides is 2. The van der Waals surface area contributed by atoms with Crippen molar-refractivity contribution in [2.75, 3.05) is 34.8 Å². The van der Waals surface area contributed by atoms with E-state index in [-0.39, 0.29) is 17.7 Å². The van der Waals surface area contributed by atoms with Crippen LogP contribution in [-0.2, 0) is 9.59 Å². The molecule has 0 aliphatic carbocycles. The summed E-state index contributed by atoms with van der Waals surface area (Å²) in [6.07, 6.45) is 6.75. The van der Waals surface area contributed by atoms with Crippen molar-refractivity contribution in [2.45, 2.75) is 25.7 Å². The first kappa shape index (κ1) is 17.5. The van der Waals surface area contributed by atoms with Crippen molar-refractivity contribution in [3.8, 4) is 0 Å². The maximum absolute atomic E-state index is 12.7. The van der Waals surface area contributed by atoms with Gasteiger partial charge >= 0.3 is 0 Å². The van der Waals surface area contributed by atoms with Gasteiger partial charge in [-0.3, -0.25) is 9.59 Å². The molecule has 1 aromatic carbocycles. The fourth-order valence-corrected chi connectivity index (χ4v) is 3.72. The molecule has 2 aliphatic rings. The molecular formula is C20H23N5O2. The lowest BCUT2D eigenvalue weighted by molar-refractivity contribution is -0.120. The van der Waals surface area contributed by atoms with Crippen molar-refractivity contribution >= 4 is 29.1 Å². The van der Waals surface area contributed by atoms with E-state index < -0.39 is 0 Å². The summed E-state index contributed by atoms with van der Waals surface area (Å²) in [5.74, 6) is 0.759. The fourth-order valence-electron chi connectivity index (χ4n) is 3.72. The highest BCUT2D eigenvalue weighted by molar-refractivity contribution is 5.96. The molecule has 0 spiro atoms. The Bertz CT molecular complexity index is 809. The molecule has 7 nitrogen and oxygen atoms in total. The molecule has 140 valence electrons. The van der Waals surface area contributed by atoms with Gasteiger partial charge in [-0.15, -0.1) is 0 Å². The van der Waals surface area contributed by atoms with Gasteiger partial charge in [-0.1, -0.05) is 0 Å². The minimum Gasteiger partial charge on any atom is -0.340 e. The molecule has 1 atom stereocenters. The minimum absolute atomic E-state index is 0.0145. The number of rotatable bonds is 4. The van der Waals surface area contributed by atoms with Crippen LogP contribution in [-0.4, -0.2) is 41.4 Å². The van der Waals surface area contributed by atoms with Crippen LogP contribution < -0.4 is 15.1 Å². The van der Waals surface area contributed by atoms with Crippen LogP contribution in [0.1, 0.15) is 25.7 Å². The van der Waals surface area contributed by atoms with E-state index in [4.69, 9.17) is 0 Å². The molecule has 2 fully saturated rings. The average Bonchev–Trinajstić information content (AvgIpc) is 3.15. The molecule has 3 heterocycles. The summed E-state index contributed by atoms with van der Waals surface area (Å²) in [5, 5.41) is 3.00. The maximum Gasteiger partial charge on any atom is 0.229 e. The third kappa shape index (κ3) is 3.92. The number of benzene rings is 1. The smallest absolute Gasteiger partial charge is 0.229 e. The molecule has 0 bridgehead atoms. The van der Waals surface area contributed by atoms with E-state index in [2.05, 4.69) is 20.2 Å². The highest BCUT2D eigenvalue weighted by Gasteiger charge is 2.27. The lowest BCUT2D eigenvalue weighted by Gasteiger charge is -2.31. The molecule has 2 amide bonds. The Morgan fingerprint density at radius 3 is 2.56 bits per heavy atom. The zero-order chi connectivity index (χ0) is 18.6. The molecule has 4 rings (SSSR count).